The molecule has 0 aromatic carbocycles. The molecule has 0 radical (unpaired) electrons. The molecule has 0 aliphatic heterocycles. The molecule has 1 fully saturated rings. The summed E-state index contributed by atoms with van der Waals surface area (Å²) in [7, 11) is -4.35. The van der Waals surface area contributed by atoms with Gasteiger partial charge in [-0.2, -0.15) is 8.42 Å². The SMILES string of the molecule is CCOCC1(C)CC1S(=O)(=O)F. The monoisotopic (exact) mass is 196 g/mol. The Hall–Kier alpha value is -0.160. The highest BCUT2D eigenvalue weighted by atomic mass is 32.3. The molecule has 0 saturated heterocycles. The van der Waals surface area contributed by atoms with Crippen LogP contribution in [0.4, 0.5) is 3.89 Å². The van der Waals surface area contributed by atoms with Crippen LogP contribution in [0.2, 0.25) is 0 Å². The van der Waals surface area contributed by atoms with Crippen molar-refractivity contribution in [1.29, 1.82) is 0 Å². The van der Waals surface area contributed by atoms with Crippen molar-refractivity contribution in [3.63, 3.8) is 0 Å². The molecule has 0 bridgehead atoms. The maximum absolute atomic E-state index is 12.4. The summed E-state index contributed by atoms with van der Waals surface area (Å²) in [6, 6.07) is 0. The van der Waals surface area contributed by atoms with Crippen molar-refractivity contribution in [3.05, 3.63) is 0 Å². The van der Waals surface area contributed by atoms with Crippen molar-refractivity contribution in [1.82, 2.24) is 0 Å². The molecule has 0 amide bonds. The van der Waals surface area contributed by atoms with E-state index in [0.29, 0.717) is 19.6 Å². The molecule has 12 heavy (non-hydrogen) atoms. The van der Waals surface area contributed by atoms with Gasteiger partial charge in [0.05, 0.1) is 11.9 Å². The van der Waals surface area contributed by atoms with E-state index < -0.39 is 20.9 Å². The zero-order chi connectivity index (χ0) is 9.41. The Morgan fingerprint density at radius 2 is 2.25 bits per heavy atom. The van der Waals surface area contributed by atoms with Gasteiger partial charge in [0.1, 0.15) is 0 Å². The first kappa shape index (κ1) is 9.92. The quantitative estimate of drug-likeness (QED) is 0.632. The Bertz CT molecular complexity index is 262. The van der Waals surface area contributed by atoms with Crippen LogP contribution in [-0.2, 0) is 15.0 Å². The number of hydrogen-bond acceptors (Lipinski definition) is 3. The van der Waals surface area contributed by atoms with Crippen molar-refractivity contribution in [3.8, 4) is 0 Å². The van der Waals surface area contributed by atoms with Crippen LogP contribution in [0, 0.1) is 5.41 Å². The summed E-state index contributed by atoms with van der Waals surface area (Å²) in [6.45, 7) is 4.42. The maximum atomic E-state index is 12.4. The first-order chi connectivity index (χ1) is 5.40. The normalized spacial score (nSPS) is 35.1. The van der Waals surface area contributed by atoms with E-state index in [0.717, 1.165) is 0 Å². The van der Waals surface area contributed by atoms with Gasteiger partial charge in [-0.3, -0.25) is 0 Å². The van der Waals surface area contributed by atoms with Gasteiger partial charge in [0, 0.05) is 12.0 Å². The number of halogens is 1. The molecule has 1 aliphatic carbocycles. The topological polar surface area (TPSA) is 43.4 Å². The molecular formula is C7H13FO3S. The summed E-state index contributed by atoms with van der Waals surface area (Å²) in [5.74, 6) is 0. The van der Waals surface area contributed by atoms with Crippen LogP contribution >= 0.6 is 0 Å². The molecule has 0 aromatic heterocycles. The highest BCUT2D eigenvalue weighted by Crippen LogP contribution is 2.51. The Labute approximate surface area is 72.1 Å². The van der Waals surface area contributed by atoms with Crippen LogP contribution < -0.4 is 0 Å². The van der Waals surface area contributed by atoms with E-state index in [4.69, 9.17) is 4.74 Å². The molecule has 3 nitrogen and oxygen atoms in total. The Balaban J connectivity index is 2.49. The third kappa shape index (κ3) is 1.95. The zero-order valence-electron chi connectivity index (χ0n) is 7.21. The van der Waals surface area contributed by atoms with Gasteiger partial charge in [-0.05, 0) is 13.3 Å². The van der Waals surface area contributed by atoms with E-state index in [1.54, 1.807) is 6.92 Å². The predicted molar refractivity (Wildman–Crippen MR) is 43.0 cm³/mol. The molecule has 1 aliphatic rings. The summed E-state index contributed by atoms with van der Waals surface area (Å²) in [5.41, 5.74) is -0.483. The molecule has 1 rings (SSSR count). The lowest BCUT2D eigenvalue weighted by molar-refractivity contribution is 0.108. The fourth-order valence-corrected chi connectivity index (χ4v) is 2.62. The molecule has 72 valence electrons. The molecule has 0 aromatic rings. The van der Waals surface area contributed by atoms with E-state index in [1.807, 2.05) is 6.92 Å². The predicted octanol–water partition coefficient (Wildman–Crippen LogP) is 1.10. The summed E-state index contributed by atoms with van der Waals surface area (Å²) < 4.78 is 38.4. The smallest absolute Gasteiger partial charge is 0.305 e. The minimum atomic E-state index is -4.35. The maximum Gasteiger partial charge on any atom is 0.305 e. The lowest BCUT2D eigenvalue weighted by Gasteiger charge is -2.08. The molecule has 0 N–H and O–H groups in total. The fourth-order valence-electron chi connectivity index (χ4n) is 1.29. The molecular weight excluding hydrogens is 183 g/mol. The van der Waals surface area contributed by atoms with Gasteiger partial charge in [0.15, 0.2) is 0 Å². The van der Waals surface area contributed by atoms with Gasteiger partial charge in [-0.25, -0.2) is 0 Å². The minimum Gasteiger partial charge on any atom is -0.381 e. The molecule has 5 heteroatoms. The highest BCUT2D eigenvalue weighted by molar-refractivity contribution is 7.87. The number of rotatable bonds is 4. The van der Waals surface area contributed by atoms with Crippen molar-refractivity contribution in [2.24, 2.45) is 5.41 Å². The first-order valence-corrected chi connectivity index (χ1v) is 5.36. The van der Waals surface area contributed by atoms with Crippen LogP contribution in [0.15, 0.2) is 0 Å². The minimum absolute atomic E-state index is 0.331. The van der Waals surface area contributed by atoms with Gasteiger partial charge in [-0.15, -0.1) is 3.89 Å². The highest BCUT2D eigenvalue weighted by Gasteiger charge is 2.58. The molecule has 2 atom stereocenters. The summed E-state index contributed by atoms with van der Waals surface area (Å²) in [5, 5.41) is -0.837. The lowest BCUT2D eigenvalue weighted by atomic mass is 10.2. The molecule has 0 heterocycles. The average Bonchev–Trinajstić information content (AvgIpc) is 2.59. The van der Waals surface area contributed by atoms with Gasteiger partial charge in [0.25, 0.3) is 0 Å². The van der Waals surface area contributed by atoms with Crippen molar-refractivity contribution in [2.45, 2.75) is 25.5 Å². The lowest BCUT2D eigenvalue weighted by Crippen LogP contribution is -2.15. The summed E-state index contributed by atoms with van der Waals surface area (Å²) >= 11 is 0. The Morgan fingerprint density at radius 1 is 1.67 bits per heavy atom. The second-order valence-electron chi connectivity index (χ2n) is 3.46. The zero-order valence-corrected chi connectivity index (χ0v) is 8.03. The van der Waals surface area contributed by atoms with E-state index in [2.05, 4.69) is 0 Å². The second kappa shape index (κ2) is 2.96. The van der Waals surface area contributed by atoms with E-state index in [9.17, 15) is 12.3 Å². The Kier molecular flexibility index (Phi) is 2.45. The average molecular weight is 196 g/mol. The summed E-state index contributed by atoms with van der Waals surface area (Å²) in [6.07, 6.45) is 0.381. The largest absolute Gasteiger partial charge is 0.381 e. The van der Waals surface area contributed by atoms with Crippen LogP contribution in [0.3, 0.4) is 0 Å². The molecule has 1 saturated carbocycles. The van der Waals surface area contributed by atoms with Crippen LogP contribution in [0.1, 0.15) is 20.3 Å². The van der Waals surface area contributed by atoms with Crippen LogP contribution in [-0.4, -0.2) is 26.9 Å². The number of ether oxygens (including phenoxy) is 1. The molecule has 0 spiro atoms. The Morgan fingerprint density at radius 3 is 2.58 bits per heavy atom. The van der Waals surface area contributed by atoms with Gasteiger partial charge in [-0.1, -0.05) is 6.92 Å². The first-order valence-electron chi connectivity index (χ1n) is 3.91. The van der Waals surface area contributed by atoms with Crippen molar-refractivity contribution < 1.29 is 17.0 Å². The van der Waals surface area contributed by atoms with Gasteiger partial charge in [0.2, 0.25) is 0 Å². The number of hydrogen-bond donors (Lipinski definition) is 0. The molecule has 2 unspecified atom stereocenters. The van der Waals surface area contributed by atoms with E-state index in [-0.39, 0.29) is 0 Å². The van der Waals surface area contributed by atoms with Crippen molar-refractivity contribution >= 4 is 10.2 Å². The van der Waals surface area contributed by atoms with Crippen LogP contribution in [0.5, 0.6) is 0 Å². The summed E-state index contributed by atoms with van der Waals surface area (Å²) in [4.78, 5) is 0. The van der Waals surface area contributed by atoms with Gasteiger partial charge < -0.3 is 4.74 Å². The fraction of sp³-hybridized carbons (Fsp3) is 1.00. The third-order valence-electron chi connectivity index (χ3n) is 2.24. The van der Waals surface area contributed by atoms with Crippen LogP contribution in [0.25, 0.3) is 0 Å². The van der Waals surface area contributed by atoms with E-state index >= 15 is 0 Å². The third-order valence-corrected chi connectivity index (χ3v) is 3.66. The second-order valence-corrected chi connectivity index (χ2v) is 4.98. The van der Waals surface area contributed by atoms with Gasteiger partial charge >= 0.3 is 10.2 Å². The van der Waals surface area contributed by atoms with Crippen molar-refractivity contribution in [2.75, 3.05) is 13.2 Å². The van der Waals surface area contributed by atoms with E-state index in [1.165, 1.54) is 0 Å². The standard InChI is InChI=1S/C7H13FO3S/c1-3-11-5-7(2)4-6(7)12(8,9)10/h6H,3-5H2,1-2H3.